The summed E-state index contributed by atoms with van der Waals surface area (Å²) in [4.78, 5) is 22.5. The van der Waals surface area contributed by atoms with Crippen molar-refractivity contribution in [3.63, 3.8) is 0 Å². The van der Waals surface area contributed by atoms with Crippen molar-refractivity contribution in [2.24, 2.45) is 0 Å². The lowest BCUT2D eigenvalue weighted by Gasteiger charge is -2.04. The van der Waals surface area contributed by atoms with E-state index in [-0.39, 0.29) is 12.3 Å². The third-order valence-corrected chi connectivity index (χ3v) is 1.46. The predicted molar refractivity (Wildman–Crippen MR) is 72.0 cm³/mol. The van der Waals surface area contributed by atoms with E-state index in [4.69, 9.17) is 5.11 Å². The zero-order valence-electron chi connectivity index (χ0n) is 12.0. The van der Waals surface area contributed by atoms with Crippen LogP contribution in [-0.4, -0.2) is 36.0 Å². The molecule has 0 rings (SSSR count). The molecule has 0 aromatic rings. The number of likely N-dealkylation sites (N-methyl/N-ethyl adjacent to an activating group) is 1. The molecule has 0 aromatic heterocycles. The van der Waals surface area contributed by atoms with Crippen molar-refractivity contribution in [2.75, 3.05) is 14.1 Å². The molecule has 0 radical (unpaired) electrons. The molecule has 0 aliphatic rings. The molecule has 0 unspecified atom stereocenters. The van der Waals surface area contributed by atoms with Crippen LogP contribution in [-0.2, 0) is 9.59 Å². The van der Waals surface area contributed by atoms with Gasteiger partial charge in [0.15, 0.2) is 0 Å². The number of nitrogens with zero attached hydrogens (tertiary/aromatic N) is 1. The Morgan fingerprint density at radius 2 is 1.59 bits per heavy atom. The van der Waals surface area contributed by atoms with Crippen molar-refractivity contribution in [3.8, 4) is 0 Å². The molecule has 1 N–H and O–H groups in total. The van der Waals surface area contributed by atoms with Crippen LogP contribution in [0.2, 0.25) is 0 Å². The van der Waals surface area contributed by atoms with Gasteiger partial charge in [-0.05, 0) is 18.9 Å². The maximum absolute atomic E-state index is 11.0. The van der Waals surface area contributed by atoms with Crippen molar-refractivity contribution in [2.45, 2.75) is 47.0 Å². The minimum absolute atomic E-state index is 0.0738. The Hall–Kier alpha value is -1.32. The Morgan fingerprint density at radius 3 is 1.94 bits per heavy atom. The summed E-state index contributed by atoms with van der Waals surface area (Å²) in [5.74, 6) is -0.873. The number of allylic oxidation sites excluding steroid dienone is 1. The van der Waals surface area contributed by atoms with Crippen LogP contribution in [0.4, 0.5) is 0 Å². The summed E-state index contributed by atoms with van der Waals surface area (Å²) in [6.07, 6.45) is 4.52. The number of aliphatic carboxylic acids is 1. The maximum atomic E-state index is 11.0. The summed E-state index contributed by atoms with van der Waals surface area (Å²) >= 11 is 0. The van der Waals surface area contributed by atoms with Crippen LogP contribution in [0.15, 0.2) is 12.2 Å². The van der Waals surface area contributed by atoms with Crippen LogP contribution in [0, 0.1) is 0 Å². The highest BCUT2D eigenvalue weighted by Crippen LogP contribution is 1.96. The molecule has 0 fully saturated rings. The molecule has 4 nitrogen and oxygen atoms in total. The summed E-state index contributed by atoms with van der Waals surface area (Å²) in [6, 6.07) is 0. The fraction of sp³-hybridized carbons (Fsp3) is 0.692. The topological polar surface area (TPSA) is 57.6 Å². The van der Waals surface area contributed by atoms with Gasteiger partial charge in [-0.25, -0.2) is 0 Å². The van der Waals surface area contributed by atoms with Crippen LogP contribution in [0.25, 0.3) is 0 Å². The van der Waals surface area contributed by atoms with Gasteiger partial charge < -0.3 is 10.0 Å². The van der Waals surface area contributed by atoms with Gasteiger partial charge in [0.2, 0.25) is 5.91 Å². The van der Waals surface area contributed by atoms with E-state index in [9.17, 15) is 9.59 Å². The number of amides is 1. The molecule has 0 saturated heterocycles. The van der Waals surface area contributed by atoms with Gasteiger partial charge >= 0.3 is 5.97 Å². The zero-order chi connectivity index (χ0) is 14.3. The molecule has 0 spiro atoms. The molecular weight excluding hydrogens is 218 g/mol. The summed E-state index contributed by atoms with van der Waals surface area (Å²) in [5.41, 5.74) is 0. The van der Waals surface area contributed by atoms with Gasteiger partial charge in [0.05, 0.1) is 0 Å². The number of rotatable bonds is 5. The van der Waals surface area contributed by atoms with E-state index in [1.165, 1.54) is 11.0 Å². The van der Waals surface area contributed by atoms with E-state index >= 15 is 0 Å². The SMILES string of the molecule is CC.CC.CN(C)C(=O)/C=C/CCCC(=O)O. The highest BCUT2D eigenvalue weighted by molar-refractivity contribution is 5.87. The second-order valence-corrected chi connectivity index (χ2v) is 2.92. The van der Waals surface area contributed by atoms with E-state index in [1.54, 1.807) is 20.2 Å². The van der Waals surface area contributed by atoms with Crippen molar-refractivity contribution in [1.82, 2.24) is 4.90 Å². The maximum Gasteiger partial charge on any atom is 0.303 e. The minimum Gasteiger partial charge on any atom is -0.481 e. The van der Waals surface area contributed by atoms with Crippen LogP contribution in [0.3, 0.4) is 0 Å². The first-order valence-corrected chi connectivity index (χ1v) is 6.13. The van der Waals surface area contributed by atoms with Gasteiger partial charge in [-0.1, -0.05) is 33.8 Å². The first-order valence-electron chi connectivity index (χ1n) is 6.13. The molecule has 0 aliphatic heterocycles. The molecule has 0 bridgehead atoms. The van der Waals surface area contributed by atoms with Gasteiger partial charge in [0, 0.05) is 20.5 Å². The van der Waals surface area contributed by atoms with Gasteiger partial charge in [-0.3, -0.25) is 9.59 Å². The lowest BCUT2D eigenvalue weighted by molar-refractivity contribution is -0.137. The first-order chi connectivity index (χ1) is 8.04. The third-order valence-electron chi connectivity index (χ3n) is 1.46. The van der Waals surface area contributed by atoms with Crippen molar-refractivity contribution in [1.29, 1.82) is 0 Å². The van der Waals surface area contributed by atoms with E-state index in [0.717, 1.165) is 0 Å². The fourth-order valence-corrected chi connectivity index (χ4v) is 0.704. The minimum atomic E-state index is -0.799. The second-order valence-electron chi connectivity index (χ2n) is 2.92. The van der Waals surface area contributed by atoms with Crippen molar-refractivity contribution < 1.29 is 14.7 Å². The molecule has 0 heterocycles. The highest BCUT2D eigenvalue weighted by atomic mass is 16.4. The Bertz CT molecular complexity index is 211. The molecule has 17 heavy (non-hydrogen) atoms. The van der Waals surface area contributed by atoms with Crippen LogP contribution in [0.5, 0.6) is 0 Å². The van der Waals surface area contributed by atoms with Gasteiger partial charge in [0.1, 0.15) is 0 Å². The lowest BCUT2D eigenvalue weighted by atomic mass is 10.2. The van der Waals surface area contributed by atoms with Gasteiger partial charge in [-0.15, -0.1) is 0 Å². The van der Waals surface area contributed by atoms with E-state index < -0.39 is 5.97 Å². The number of hydrogen-bond donors (Lipinski definition) is 1. The highest BCUT2D eigenvalue weighted by Gasteiger charge is 1.97. The number of unbranched alkanes of at least 4 members (excludes halogenated alkanes) is 1. The number of hydrogen-bond acceptors (Lipinski definition) is 2. The average molecular weight is 245 g/mol. The number of carboxylic acids is 1. The molecule has 0 atom stereocenters. The quantitative estimate of drug-likeness (QED) is 0.598. The number of carbonyl (C=O) groups is 2. The van der Waals surface area contributed by atoms with Gasteiger partial charge in [-0.2, -0.15) is 0 Å². The predicted octanol–water partition coefficient (Wildman–Crippen LogP) is 2.94. The number of carboxylic acid groups (broad SMARTS) is 1. The van der Waals surface area contributed by atoms with E-state index in [0.29, 0.717) is 12.8 Å². The van der Waals surface area contributed by atoms with Crippen molar-refractivity contribution >= 4 is 11.9 Å². The van der Waals surface area contributed by atoms with Crippen LogP contribution >= 0.6 is 0 Å². The Morgan fingerprint density at radius 1 is 1.12 bits per heavy atom. The summed E-state index contributed by atoms with van der Waals surface area (Å²) in [6.45, 7) is 8.00. The molecule has 1 amide bonds. The van der Waals surface area contributed by atoms with E-state index in [1.807, 2.05) is 27.7 Å². The largest absolute Gasteiger partial charge is 0.481 e. The van der Waals surface area contributed by atoms with Crippen LogP contribution in [0.1, 0.15) is 47.0 Å². The molecule has 102 valence electrons. The Balaban J connectivity index is -0.000000439. The molecule has 0 aromatic carbocycles. The second kappa shape index (κ2) is 17.1. The standard InChI is InChI=1S/C9H15NO3.2C2H6/c1-10(2)8(11)6-4-3-5-7-9(12)13;2*1-2/h4,6H,3,5,7H2,1-2H3,(H,12,13);2*1-2H3/b6-4+;;. The molecular formula is C13H27NO3. The smallest absolute Gasteiger partial charge is 0.303 e. The molecule has 0 aliphatic carbocycles. The molecule has 0 saturated carbocycles. The van der Waals surface area contributed by atoms with Gasteiger partial charge in [0.25, 0.3) is 0 Å². The van der Waals surface area contributed by atoms with Crippen molar-refractivity contribution in [3.05, 3.63) is 12.2 Å². The monoisotopic (exact) mass is 245 g/mol. The normalized spacial score (nSPS) is 8.59. The lowest BCUT2D eigenvalue weighted by Crippen LogP contribution is -2.18. The summed E-state index contributed by atoms with van der Waals surface area (Å²) in [7, 11) is 3.34. The Kier molecular flexibility index (Phi) is 21.1. The zero-order valence-corrected chi connectivity index (χ0v) is 12.0. The number of carbonyl (C=O) groups excluding carboxylic acids is 1. The summed E-state index contributed by atoms with van der Waals surface area (Å²) in [5, 5.41) is 8.31. The average Bonchev–Trinajstić information content (AvgIpc) is 2.33. The molecule has 4 heteroatoms. The van der Waals surface area contributed by atoms with E-state index in [2.05, 4.69) is 0 Å². The van der Waals surface area contributed by atoms with Crippen LogP contribution < -0.4 is 0 Å². The Labute approximate surface area is 105 Å². The first kappa shape index (κ1) is 21.0. The summed E-state index contributed by atoms with van der Waals surface area (Å²) < 4.78 is 0. The third kappa shape index (κ3) is 20.7. The fourth-order valence-electron chi connectivity index (χ4n) is 0.704.